The fraction of sp³-hybridized carbons (Fsp3) is 0.800. The number of alkyl carbamates (subject to hydrolysis) is 1. The van der Waals surface area contributed by atoms with Gasteiger partial charge < -0.3 is 10.1 Å². The van der Waals surface area contributed by atoms with Crippen molar-refractivity contribution in [1.82, 2.24) is 5.32 Å². The Bertz CT molecular complexity index is 131. The summed E-state index contributed by atoms with van der Waals surface area (Å²) in [5.74, 6) is 0. The minimum absolute atomic E-state index is 0.203. The molecule has 0 heterocycles. The summed E-state index contributed by atoms with van der Waals surface area (Å²) in [6.07, 6.45) is -7.32. The molecule has 3 nitrogen and oxygen atoms in total. The normalized spacial score (nSPS) is 12.8. The van der Waals surface area contributed by atoms with Crippen LogP contribution in [0.25, 0.3) is 0 Å². The van der Waals surface area contributed by atoms with E-state index in [9.17, 15) is 18.0 Å². The molecule has 11 heavy (non-hydrogen) atoms. The van der Waals surface area contributed by atoms with Crippen LogP contribution in [0.1, 0.15) is 6.92 Å². The smallest absolute Gasteiger partial charge is 0.409 e. The van der Waals surface area contributed by atoms with E-state index >= 15 is 0 Å². The second kappa shape index (κ2) is 4.81. The fourth-order valence-corrected chi connectivity index (χ4v) is 0.340. The van der Waals surface area contributed by atoms with Crippen molar-refractivity contribution in [1.29, 1.82) is 0 Å². The molecule has 1 unspecified atom stereocenters. The first-order chi connectivity index (χ1) is 5.07. The lowest BCUT2D eigenvalue weighted by Crippen LogP contribution is -2.29. The first-order valence-electron chi connectivity index (χ1n) is 2.94. The van der Waals surface area contributed by atoms with Gasteiger partial charge in [-0.25, -0.2) is 13.6 Å². The molecule has 0 aromatic heterocycles. The quantitative estimate of drug-likeness (QED) is 0.694. The number of nitrogens with one attached hydrogen (secondary N) is 1. The number of ether oxygens (including phenoxy) is 1. The van der Waals surface area contributed by atoms with Gasteiger partial charge in [0.25, 0.3) is 0 Å². The molecule has 0 aliphatic heterocycles. The molecule has 1 amide bonds. The minimum Gasteiger partial charge on any atom is -0.409 e. The van der Waals surface area contributed by atoms with E-state index in [1.54, 1.807) is 6.92 Å². The largest absolute Gasteiger partial charge is 0.409 e. The molecule has 6 heteroatoms. The molecule has 1 N–H and O–H groups in total. The lowest BCUT2D eigenvalue weighted by molar-refractivity contribution is -0.0901. The summed E-state index contributed by atoms with van der Waals surface area (Å²) in [7, 11) is 0. The van der Waals surface area contributed by atoms with Crippen molar-refractivity contribution in [2.75, 3.05) is 6.54 Å². The molecule has 0 fully saturated rings. The standard InChI is InChI=1S/C5H8F3NO2/c1-2-9-5(10)11-4(8)3(6)7/h3-4H,2H2,1H3,(H,9,10). The van der Waals surface area contributed by atoms with Crippen LogP contribution in [-0.2, 0) is 4.74 Å². The number of alkyl halides is 3. The number of carbonyl (C=O) groups is 1. The van der Waals surface area contributed by atoms with E-state index in [-0.39, 0.29) is 6.54 Å². The average molecular weight is 171 g/mol. The molecule has 0 saturated heterocycles. The predicted octanol–water partition coefficient (Wildman–Crippen LogP) is 1.29. The summed E-state index contributed by atoms with van der Waals surface area (Å²) in [5, 5.41) is 2.00. The lowest BCUT2D eigenvalue weighted by atomic mass is 10.7. The van der Waals surface area contributed by atoms with Crippen molar-refractivity contribution >= 4 is 6.09 Å². The third-order valence-electron chi connectivity index (χ3n) is 0.739. The van der Waals surface area contributed by atoms with E-state index in [1.807, 2.05) is 5.32 Å². The van der Waals surface area contributed by atoms with Crippen LogP contribution < -0.4 is 5.32 Å². The van der Waals surface area contributed by atoms with Gasteiger partial charge in [-0.1, -0.05) is 0 Å². The summed E-state index contributed by atoms with van der Waals surface area (Å²) < 4.78 is 38.1. The summed E-state index contributed by atoms with van der Waals surface area (Å²) in [5.41, 5.74) is 0. The molecule has 0 aliphatic carbocycles. The molecule has 66 valence electrons. The van der Waals surface area contributed by atoms with Gasteiger partial charge in [0.2, 0.25) is 0 Å². The Labute approximate surface area is 61.5 Å². The van der Waals surface area contributed by atoms with Gasteiger partial charge in [-0.05, 0) is 6.92 Å². The molecule has 0 bridgehead atoms. The summed E-state index contributed by atoms with van der Waals surface area (Å²) in [4.78, 5) is 10.3. The SMILES string of the molecule is CCNC(=O)OC(F)C(F)F. The first kappa shape index (κ1) is 10.1. The summed E-state index contributed by atoms with van der Waals surface area (Å²) in [6.45, 7) is 1.76. The number of hydrogen-bond acceptors (Lipinski definition) is 2. The van der Waals surface area contributed by atoms with E-state index in [2.05, 4.69) is 4.74 Å². The zero-order valence-corrected chi connectivity index (χ0v) is 5.81. The summed E-state index contributed by atoms with van der Waals surface area (Å²) in [6, 6.07) is 0. The van der Waals surface area contributed by atoms with Crippen molar-refractivity contribution in [2.24, 2.45) is 0 Å². The van der Waals surface area contributed by atoms with Gasteiger partial charge in [-0.15, -0.1) is 0 Å². The van der Waals surface area contributed by atoms with Crippen LogP contribution >= 0.6 is 0 Å². The molecule has 0 saturated carbocycles. The van der Waals surface area contributed by atoms with E-state index in [0.29, 0.717) is 0 Å². The Morgan fingerprint density at radius 3 is 2.45 bits per heavy atom. The van der Waals surface area contributed by atoms with Gasteiger partial charge in [0, 0.05) is 6.54 Å². The molecule has 1 atom stereocenters. The van der Waals surface area contributed by atoms with Crippen molar-refractivity contribution in [3.05, 3.63) is 0 Å². The van der Waals surface area contributed by atoms with Crippen LogP contribution in [0.3, 0.4) is 0 Å². The maximum atomic E-state index is 11.9. The Morgan fingerprint density at radius 2 is 2.09 bits per heavy atom. The van der Waals surface area contributed by atoms with Gasteiger partial charge in [-0.3, -0.25) is 0 Å². The van der Waals surface area contributed by atoms with Gasteiger partial charge >= 0.3 is 18.9 Å². The Morgan fingerprint density at radius 1 is 1.55 bits per heavy atom. The minimum atomic E-state index is -3.29. The van der Waals surface area contributed by atoms with Gasteiger partial charge in [-0.2, -0.15) is 4.39 Å². The Kier molecular flexibility index (Phi) is 4.40. The van der Waals surface area contributed by atoms with E-state index in [1.165, 1.54) is 0 Å². The molecular weight excluding hydrogens is 163 g/mol. The third-order valence-corrected chi connectivity index (χ3v) is 0.739. The Balaban J connectivity index is 3.57. The number of halogens is 3. The Hall–Kier alpha value is -0.940. The van der Waals surface area contributed by atoms with E-state index in [0.717, 1.165) is 0 Å². The van der Waals surface area contributed by atoms with Crippen LogP contribution in [0, 0.1) is 0 Å². The highest BCUT2D eigenvalue weighted by Gasteiger charge is 2.22. The molecular formula is C5H8F3NO2. The molecule has 0 aromatic carbocycles. The van der Waals surface area contributed by atoms with Crippen molar-refractivity contribution in [2.45, 2.75) is 19.7 Å². The molecule has 0 aliphatic rings. The van der Waals surface area contributed by atoms with Gasteiger partial charge in [0.15, 0.2) is 0 Å². The molecule has 0 radical (unpaired) electrons. The van der Waals surface area contributed by atoms with Gasteiger partial charge in [0.1, 0.15) is 0 Å². The predicted molar refractivity (Wildman–Crippen MR) is 31.1 cm³/mol. The fourth-order valence-electron chi connectivity index (χ4n) is 0.340. The van der Waals surface area contributed by atoms with Crippen LogP contribution in [0.4, 0.5) is 18.0 Å². The summed E-state index contributed by atoms with van der Waals surface area (Å²) >= 11 is 0. The number of hydrogen-bond donors (Lipinski definition) is 1. The van der Waals surface area contributed by atoms with Crippen LogP contribution in [0.2, 0.25) is 0 Å². The zero-order chi connectivity index (χ0) is 8.85. The lowest BCUT2D eigenvalue weighted by Gasteiger charge is -2.08. The second-order valence-corrected chi connectivity index (χ2v) is 1.62. The van der Waals surface area contributed by atoms with Crippen molar-refractivity contribution in [3.63, 3.8) is 0 Å². The zero-order valence-electron chi connectivity index (χ0n) is 5.81. The first-order valence-corrected chi connectivity index (χ1v) is 2.94. The highest BCUT2D eigenvalue weighted by molar-refractivity contribution is 5.67. The second-order valence-electron chi connectivity index (χ2n) is 1.62. The third kappa shape index (κ3) is 4.46. The van der Waals surface area contributed by atoms with Crippen LogP contribution in [-0.4, -0.2) is 25.4 Å². The average Bonchev–Trinajstić information content (AvgIpc) is 1.87. The van der Waals surface area contributed by atoms with Gasteiger partial charge in [0.05, 0.1) is 0 Å². The highest BCUT2D eigenvalue weighted by atomic mass is 19.3. The maximum absolute atomic E-state index is 11.9. The highest BCUT2D eigenvalue weighted by Crippen LogP contribution is 2.06. The van der Waals surface area contributed by atoms with Crippen LogP contribution in [0.5, 0.6) is 0 Å². The monoisotopic (exact) mass is 171 g/mol. The van der Waals surface area contributed by atoms with Crippen molar-refractivity contribution < 1.29 is 22.7 Å². The topological polar surface area (TPSA) is 38.3 Å². The number of amides is 1. The number of rotatable bonds is 3. The van der Waals surface area contributed by atoms with Crippen LogP contribution in [0.15, 0.2) is 0 Å². The molecule has 0 rings (SSSR count). The van der Waals surface area contributed by atoms with E-state index < -0.39 is 18.9 Å². The molecule has 0 aromatic rings. The van der Waals surface area contributed by atoms with Crippen molar-refractivity contribution in [3.8, 4) is 0 Å². The molecule has 0 spiro atoms. The maximum Gasteiger partial charge on any atom is 0.409 e. The van der Waals surface area contributed by atoms with E-state index in [4.69, 9.17) is 0 Å². The number of carbonyl (C=O) groups excluding carboxylic acids is 1.